The van der Waals surface area contributed by atoms with E-state index < -0.39 is 6.09 Å². The first-order valence-corrected chi connectivity index (χ1v) is 11.8. The smallest absolute Gasteiger partial charge is 0.417 e. The van der Waals surface area contributed by atoms with Gasteiger partial charge in [-0.3, -0.25) is 5.32 Å². The third-order valence-corrected chi connectivity index (χ3v) is 6.73. The second kappa shape index (κ2) is 9.25. The number of nitrogens with zero attached hydrogens (tertiary/aromatic N) is 1. The summed E-state index contributed by atoms with van der Waals surface area (Å²) < 4.78 is 11.2. The lowest BCUT2D eigenvalue weighted by Crippen LogP contribution is -2.37. The summed E-state index contributed by atoms with van der Waals surface area (Å²) in [6.07, 6.45) is 7.59. The van der Waals surface area contributed by atoms with Gasteiger partial charge in [0.2, 0.25) is 0 Å². The maximum Gasteiger partial charge on any atom is 0.417 e. The van der Waals surface area contributed by atoms with Crippen molar-refractivity contribution in [2.45, 2.75) is 51.0 Å². The number of piperidine rings is 1. The summed E-state index contributed by atoms with van der Waals surface area (Å²) in [6, 6.07) is 14.0. The van der Waals surface area contributed by atoms with E-state index in [1.165, 1.54) is 49.7 Å². The molecule has 2 aromatic carbocycles. The van der Waals surface area contributed by atoms with Crippen molar-refractivity contribution in [1.82, 2.24) is 9.88 Å². The first-order chi connectivity index (χ1) is 15.7. The maximum atomic E-state index is 12.6. The van der Waals surface area contributed by atoms with Gasteiger partial charge in [-0.1, -0.05) is 19.1 Å². The van der Waals surface area contributed by atoms with Gasteiger partial charge in [0.15, 0.2) is 11.5 Å². The fraction of sp³-hybridized carbons (Fsp3) is 0.423. The number of para-hydroxylation sites is 2. The Balaban J connectivity index is 1.30. The third kappa shape index (κ3) is 4.32. The van der Waals surface area contributed by atoms with E-state index in [-0.39, 0.29) is 0 Å². The molecule has 2 N–H and O–H groups in total. The molecule has 2 saturated heterocycles. The van der Waals surface area contributed by atoms with Crippen molar-refractivity contribution in [3.63, 3.8) is 0 Å². The van der Waals surface area contributed by atoms with Crippen molar-refractivity contribution >= 4 is 22.7 Å². The summed E-state index contributed by atoms with van der Waals surface area (Å²) in [6.45, 7) is 5.06. The number of nitrogens with one attached hydrogen (secondary N) is 2. The zero-order chi connectivity index (χ0) is 21.9. The molecule has 2 unspecified atom stereocenters. The van der Waals surface area contributed by atoms with Crippen LogP contribution in [0, 0.1) is 0 Å². The first kappa shape index (κ1) is 20.9. The Morgan fingerprint density at radius 2 is 2.03 bits per heavy atom. The van der Waals surface area contributed by atoms with Crippen LogP contribution in [0.15, 0.2) is 48.7 Å². The Bertz CT molecular complexity index is 1090. The van der Waals surface area contributed by atoms with Gasteiger partial charge in [-0.25, -0.2) is 4.79 Å². The number of anilines is 1. The van der Waals surface area contributed by atoms with Crippen LogP contribution in [0.4, 0.5) is 10.5 Å². The lowest BCUT2D eigenvalue weighted by molar-refractivity contribution is 0.181. The molecule has 0 spiro atoms. The summed E-state index contributed by atoms with van der Waals surface area (Å²) in [4.78, 5) is 18.7. The van der Waals surface area contributed by atoms with Crippen LogP contribution in [-0.4, -0.2) is 41.7 Å². The normalized spacial score (nSPS) is 20.8. The van der Waals surface area contributed by atoms with Crippen molar-refractivity contribution in [3.05, 3.63) is 54.2 Å². The van der Waals surface area contributed by atoms with E-state index in [2.05, 4.69) is 27.5 Å². The zero-order valence-corrected chi connectivity index (χ0v) is 18.6. The van der Waals surface area contributed by atoms with Gasteiger partial charge in [0.05, 0.1) is 6.61 Å². The van der Waals surface area contributed by atoms with Crippen molar-refractivity contribution in [3.8, 4) is 11.5 Å². The lowest BCUT2D eigenvalue weighted by atomic mass is 9.85. The molecule has 2 atom stereocenters. The van der Waals surface area contributed by atoms with Gasteiger partial charge in [0.25, 0.3) is 0 Å². The minimum Gasteiger partial charge on any atom is -0.490 e. The number of rotatable bonds is 6. The Morgan fingerprint density at radius 1 is 1.16 bits per heavy atom. The molecule has 2 aliphatic rings. The molecule has 0 bridgehead atoms. The molecule has 2 aliphatic heterocycles. The molecular weight excluding hydrogens is 402 g/mol. The monoisotopic (exact) mass is 433 g/mol. The molecule has 0 saturated carbocycles. The third-order valence-electron chi connectivity index (χ3n) is 6.73. The molecule has 2 fully saturated rings. The molecular formula is C26H31N3O3. The number of hydrogen-bond donors (Lipinski definition) is 2. The fourth-order valence-electron chi connectivity index (χ4n) is 5.17. The highest BCUT2D eigenvalue weighted by molar-refractivity contribution is 5.92. The average Bonchev–Trinajstić information content (AvgIpc) is 3.44. The second-order valence-electron chi connectivity index (χ2n) is 8.87. The van der Waals surface area contributed by atoms with E-state index in [4.69, 9.17) is 9.47 Å². The van der Waals surface area contributed by atoms with E-state index in [9.17, 15) is 4.79 Å². The Morgan fingerprint density at radius 3 is 2.91 bits per heavy atom. The van der Waals surface area contributed by atoms with Crippen LogP contribution in [0.1, 0.15) is 50.5 Å². The van der Waals surface area contributed by atoms with Gasteiger partial charge in [-0.2, -0.15) is 0 Å². The zero-order valence-electron chi connectivity index (χ0n) is 18.6. The maximum absolute atomic E-state index is 12.6. The van der Waals surface area contributed by atoms with E-state index in [0.29, 0.717) is 24.0 Å². The number of benzene rings is 2. The highest BCUT2D eigenvalue weighted by Crippen LogP contribution is 2.39. The number of H-pyrrole nitrogens is 1. The standard InChI is InChI=1S/C26H31N3O3/c1-2-14-31-24-7-3-4-8-25(24)32-26(30)28-19-9-10-23-21(16-19)22(17-27-23)18-11-13-29-12-5-6-20(29)15-18/h3-4,7-10,16-18,20,27H,2,5-6,11-15H2,1H3,(H,28,30). The number of ether oxygens (including phenoxy) is 2. The minimum absolute atomic E-state index is 0.421. The number of amides is 1. The molecule has 0 aliphatic carbocycles. The van der Waals surface area contributed by atoms with Gasteiger partial charge in [0, 0.05) is 28.8 Å². The molecule has 168 valence electrons. The number of aromatic amines is 1. The molecule has 3 aromatic rings. The molecule has 3 heterocycles. The van der Waals surface area contributed by atoms with E-state index >= 15 is 0 Å². The quantitative estimate of drug-likeness (QED) is 0.507. The second-order valence-corrected chi connectivity index (χ2v) is 8.87. The largest absolute Gasteiger partial charge is 0.490 e. The summed E-state index contributed by atoms with van der Waals surface area (Å²) in [5.74, 6) is 1.56. The molecule has 6 heteroatoms. The van der Waals surface area contributed by atoms with Gasteiger partial charge in [0.1, 0.15) is 0 Å². The van der Waals surface area contributed by atoms with Crippen LogP contribution in [0.2, 0.25) is 0 Å². The highest BCUT2D eigenvalue weighted by Gasteiger charge is 2.33. The highest BCUT2D eigenvalue weighted by atomic mass is 16.6. The van der Waals surface area contributed by atoms with Crippen molar-refractivity contribution in [2.75, 3.05) is 25.0 Å². The Hall–Kier alpha value is -2.99. The molecule has 1 aromatic heterocycles. The number of hydrogen-bond acceptors (Lipinski definition) is 4. The molecule has 32 heavy (non-hydrogen) atoms. The van der Waals surface area contributed by atoms with Crippen LogP contribution in [-0.2, 0) is 0 Å². The molecule has 6 nitrogen and oxygen atoms in total. The molecule has 1 amide bonds. The van der Waals surface area contributed by atoms with E-state index in [0.717, 1.165) is 23.7 Å². The SMILES string of the molecule is CCCOc1ccccc1OC(=O)Nc1ccc2[nH]cc(C3CCN4CCCC4C3)c2c1. The number of aromatic nitrogens is 1. The predicted molar refractivity (Wildman–Crippen MR) is 127 cm³/mol. The minimum atomic E-state index is -0.520. The van der Waals surface area contributed by atoms with Crippen LogP contribution < -0.4 is 14.8 Å². The van der Waals surface area contributed by atoms with Crippen LogP contribution in [0.3, 0.4) is 0 Å². The number of carbonyl (C=O) groups is 1. The topological polar surface area (TPSA) is 66.6 Å². The summed E-state index contributed by atoms with van der Waals surface area (Å²) in [7, 11) is 0. The molecule has 0 radical (unpaired) electrons. The first-order valence-electron chi connectivity index (χ1n) is 11.8. The Labute approximate surface area is 188 Å². The molecule has 5 rings (SSSR count). The van der Waals surface area contributed by atoms with Crippen LogP contribution >= 0.6 is 0 Å². The average molecular weight is 434 g/mol. The summed E-state index contributed by atoms with van der Waals surface area (Å²) in [5, 5.41) is 4.07. The lowest BCUT2D eigenvalue weighted by Gasteiger charge is -2.34. The summed E-state index contributed by atoms with van der Waals surface area (Å²) in [5.41, 5.74) is 3.20. The predicted octanol–water partition coefficient (Wildman–Crippen LogP) is 5.91. The number of fused-ring (bicyclic) bond motifs is 2. The van der Waals surface area contributed by atoms with Gasteiger partial charge in [-0.15, -0.1) is 0 Å². The van der Waals surface area contributed by atoms with Crippen LogP contribution in [0.25, 0.3) is 10.9 Å². The van der Waals surface area contributed by atoms with Crippen molar-refractivity contribution in [2.24, 2.45) is 0 Å². The van der Waals surface area contributed by atoms with Crippen molar-refractivity contribution < 1.29 is 14.3 Å². The van der Waals surface area contributed by atoms with E-state index in [1.54, 1.807) is 6.07 Å². The van der Waals surface area contributed by atoms with Crippen LogP contribution in [0.5, 0.6) is 11.5 Å². The summed E-state index contributed by atoms with van der Waals surface area (Å²) >= 11 is 0. The van der Waals surface area contributed by atoms with E-state index in [1.807, 2.05) is 37.3 Å². The van der Waals surface area contributed by atoms with Gasteiger partial charge in [-0.05, 0) is 87.0 Å². The van der Waals surface area contributed by atoms with Gasteiger partial charge >= 0.3 is 6.09 Å². The van der Waals surface area contributed by atoms with Crippen molar-refractivity contribution in [1.29, 1.82) is 0 Å². The number of carbonyl (C=O) groups excluding carboxylic acids is 1. The fourth-order valence-corrected chi connectivity index (χ4v) is 5.17. The van der Waals surface area contributed by atoms with Gasteiger partial charge < -0.3 is 19.4 Å². The Kier molecular flexibility index (Phi) is 6.04.